The predicted octanol–water partition coefficient (Wildman–Crippen LogP) is 5.71. The fraction of sp³-hybridized carbons (Fsp3) is 0.280. The van der Waals surface area contributed by atoms with E-state index in [0.717, 1.165) is 16.7 Å². The largest absolute Gasteiger partial charge is 0.369 e. The zero-order chi connectivity index (χ0) is 21.1. The van der Waals surface area contributed by atoms with Crippen molar-refractivity contribution in [1.29, 1.82) is 0 Å². The molecule has 1 aliphatic carbocycles. The van der Waals surface area contributed by atoms with Crippen molar-refractivity contribution >= 4 is 23.2 Å². The summed E-state index contributed by atoms with van der Waals surface area (Å²) in [4.78, 5) is 18.9. The Balaban J connectivity index is 1.39. The van der Waals surface area contributed by atoms with Crippen LogP contribution in [0.4, 0.5) is 5.69 Å². The number of benzene rings is 2. The summed E-state index contributed by atoms with van der Waals surface area (Å²) in [6, 6.07) is 20.0. The first kappa shape index (κ1) is 20.4. The number of halogens is 1. The van der Waals surface area contributed by atoms with Crippen molar-refractivity contribution in [2.45, 2.75) is 38.3 Å². The van der Waals surface area contributed by atoms with Crippen LogP contribution in [0.1, 0.15) is 42.1 Å². The van der Waals surface area contributed by atoms with Gasteiger partial charge in [-0.2, -0.15) is 0 Å². The zero-order valence-electron chi connectivity index (χ0n) is 17.4. The standard InChI is InChI=1S/C25H26ClN3O/c1-3-25(14-15-25)29(2)22-11-9-20(10-12-22)19-5-7-21(8-6-19)24(30)28-17-18-4-13-23(26)27-16-18/h4-13,16H,3,14-15,17H2,1-2H3,(H,28,30). The van der Waals surface area contributed by atoms with Crippen molar-refractivity contribution in [3.63, 3.8) is 0 Å². The summed E-state index contributed by atoms with van der Waals surface area (Å²) in [5.41, 5.74) is 5.40. The minimum absolute atomic E-state index is 0.109. The van der Waals surface area contributed by atoms with Crippen LogP contribution >= 0.6 is 11.6 Å². The monoisotopic (exact) mass is 419 g/mol. The first-order valence-electron chi connectivity index (χ1n) is 10.3. The van der Waals surface area contributed by atoms with Gasteiger partial charge in [-0.1, -0.05) is 48.9 Å². The molecule has 1 aromatic heterocycles. The van der Waals surface area contributed by atoms with E-state index in [4.69, 9.17) is 11.6 Å². The van der Waals surface area contributed by atoms with Crippen LogP contribution in [0.2, 0.25) is 5.15 Å². The van der Waals surface area contributed by atoms with Gasteiger partial charge in [0.1, 0.15) is 5.15 Å². The van der Waals surface area contributed by atoms with Gasteiger partial charge in [0, 0.05) is 36.6 Å². The average Bonchev–Trinajstić information content (AvgIpc) is 3.60. The molecule has 0 radical (unpaired) electrons. The second-order valence-corrected chi connectivity index (χ2v) is 8.32. The van der Waals surface area contributed by atoms with E-state index < -0.39 is 0 Å². The molecule has 5 heteroatoms. The van der Waals surface area contributed by atoms with Crippen LogP contribution in [0.25, 0.3) is 11.1 Å². The lowest BCUT2D eigenvalue weighted by Crippen LogP contribution is -2.32. The molecule has 0 unspecified atom stereocenters. The SMILES string of the molecule is CCC1(N(C)c2ccc(-c3ccc(C(=O)NCc4ccc(Cl)nc4)cc3)cc2)CC1. The van der Waals surface area contributed by atoms with Crippen LogP contribution in [0, 0.1) is 0 Å². The molecule has 0 spiro atoms. The van der Waals surface area contributed by atoms with Gasteiger partial charge < -0.3 is 10.2 Å². The Morgan fingerprint density at radius 1 is 1.03 bits per heavy atom. The van der Waals surface area contributed by atoms with Gasteiger partial charge in [0.2, 0.25) is 0 Å². The highest BCUT2D eigenvalue weighted by Crippen LogP contribution is 2.45. The first-order chi connectivity index (χ1) is 14.5. The number of aromatic nitrogens is 1. The van der Waals surface area contributed by atoms with Gasteiger partial charge in [-0.15, -0.1) is 0 Å². The molecule has 1 saturated carbocycles. The summed E-state index contributed by atoms with van der Waals surface area (Å²) in [7, 11) is 2.19. The third-order valence-electron chi connectivity index (χ3n) is 6.17. The van der Waals surface area contributed by atoms with E-state index in [1.54, 1.807) is 12.3 Å². The van der Waals surface area contributed by atoms with E-state index in [9.17, 15) is 4.79 Å². The van der Waals surface area contributed by atoms with Crippen molar-refractivity contribution < 1.29 is 4.79 Å². The van der Waals surface area contributed by atoms with E-state index in [0.29, 0.717) is 22.8 Å². The summed E-state index contributed by atoms with van der Waals surface area (Å²) in [5.74, 6) is -0.109. The molecule has 1 aliphatic rings. The second-order valence-electron chi connectivity index (χ2n) is 7.93. The van der Waals surface area contributed by atoms with Gasteiger partial charge in [-0.3, -0.25) is 4.79 Å². The molecular formula is C25H26ClN3O. The van der Waals surface area contributed by atoms with E-state index in [1.165, 1.54) is 24.9 Å². The molecule has 0 saturated heterocycles. The fourth-order valence-corrected chi connectivity index (χ4v) is 3.94. The molecule has 1 N–H and O–H groups in total. The topological polar surface area (TPSA) is 45.2 Å². The maximum atomic E-state index is 12.4. The van der Waals surface area contributed by atoms with E-state index in [1.807, 2.05) is 30.3 Å². The molecule has 3 aromatic rings. The lowest BCUT2D eigenvalue weighted by molar-refractivity contribution is 0.0951. The lowest BCUT2D eigenvalue weighted by atomic mass is 10.0. The van der Waals surface area contributed by atoms with Crippen LogP contribution in [0.5, 0.6) is 0 Å². The minimum atomic E-state index is -0.109. The van der Waals surface area contributed by atoms with Crippen molar-refractivity contribution in [3.05, 3.63) is 83.1 Å². The number of rotatable bonds is 7. The molecule has 1 fully saturated rings. The van der Waals surface area contributed by atoms with E-state index in [2.05, 4.69) is 53.4 Å². The summed E-state index contributed by atoms with van der Waals surface area (Å²) in [6.07, 6.45) is 5.40. The molecule has 2 aromatic carbocycles. The minimum Gasteiger partial charge on any atom is -0.369 e. The summed E-state index contributed by atoms with van der Waals surface area (Å²) >= 11 is 5.79. The van der Waals surface area contributed by atoms with Gasteiger partial charge in [-0.25, -0.2) is 4.98 Å². The zero-order valence-corrected chi connectivity index (χ0v) is 18.1. The van der Waals surface area contributed by atoms with Gasteiger partial charge >= 0.3 is 0 Å². The first-order valence-corrected chi connectivity index (χ1v) is 10.7. The van der Waals surface area contributed by atoms with E-state index in [-0.39, 0.29) is 5.91 Å². The Kier molecular flexibility index (Phi) is 5.78. The highest BCUT2D eigenvalue weighted by molar-refractivity contribution is 6.29. The average molecular weight is 420 g/mol. The lowest BCUT2D eigenvalue weighted by Gasteiger charge is -2.29. The molecule has 4 rings (SSSR count). The Labute approximate surface area is 182 Å². The number of carbonyl (C=O) groups excluding carboxylic acids is 1. The highest BCUT2D eigenvalue weighted by Gasteiger charge is 2.44. The highest BCUT2D eigenvalue weighted by atomic mass is 35.5. The molecule has 4 nitrogen and oxygen atoms in total. The van der Waals surface area contributed by atoms with Gasteiger partial charge in [0.05, 0.1) is 0 Å². The molecule has 154 valence electrons. The van der Waals surface area contributed by atoms with Crippen LogP contribution in [0.15, 0.2) is 66.9 Å². The van der Waals surface area contributed by atoms with Gasteiger partial charge in [-0.05, 0) is 66.3 Å². The normalized spacial score (nSPS) is 14.2. The van der Waals surface area contributed by atoms with Crippen molar-refractivity contribution in [1.82, 2.24) is 10.3 Å². The third-order valence-corrected chi connectivity index (χ3v) is 6.40. The van der Waals surface area contributed by atoms with E-state index >= 15 is 0 Å². The Bertz CT molecular complexity index is 1010. The molecule has 0 bridgehead atoms. The van der Waals surface area contributed by atoms with Crippen molar-refractivity contribution in [3.8, 4) is 11.1 Å². The second kappa shape index (κ2) is 8.49. The quantitative estimate of drug-likeness (QED) is 0.499. The number of carbonyl (C=O) groups is 1. The Morgan fingerprint density at radius 3 is 2.20 bits per heavy atom. The number of pyridine rings is 1. The maximum absolute atomic E-state index is 12.4. The molecule has 1 heterocycles. The van der Waals surface area contributed by atoms with Crippen molar-refractivity contribution in [2.75, 3.05) is 11.9 Å². The molecule has 0 aliphatic heterocycles. The molecular weight excluding hydrogens is 394 g/mol. The Morgan fingerprint density at radius 2 is 1.67 bits per heavy atom. The number of nitrogens with zero attached hydrogens (tertiary/aromatic N) is 2. The summed E-state index contributed by atoms with van der Waals surface area (Å²) < 4.78 is 0. The van der Waals surface area contributed by atoms with Gasteiger partial charge in [0.15, 0.2) is 0 Å². The molecule has 30 heavy (non-hydrogen) atoms. The number of amides is 1. The summed E-state index contributed by atoms with van der Waals surface area (Å²) in [6.45, 7) is 2.68. The predicted molar refractivity (Wildman–Crippen MR) is 123 cm³/mol. The molecule has 1 amide bonds. The number of hydrogen-bond acceptors (Lipinski definition) is 3. The molecule has 0 atom stereocenters. The van der Waals surface area contributed by atoms with Crippen LogP contribution in [0.3, 0.4) is 0 Å². The Hall–Kier alpha value is -2.85. The fourth-order valence-electron chi connectivity index (χ4n) is 3.83. The number of nitrogens with one attached hydrogen (secondary N) is 1. The number of hydrogen-bond donors (Lipinski definition) is 1. The third kappa shape index (κ3) is 4.34. The van der Waals surface area contributed by atoms with Gasteiger partial charge in [0.25, 0.3) is 5.91 Å². The van der Waals surface area contributed by atoms with Crippen molar-refractivity contribution in [2.24, 2.45) is 0 Å². The maximum Gasteiger partial charge on any atom is 0.251 e. The smallest absolute Gasteiger partial charge is 0.251 e. The number of anilines is 1. The van der Waals surface area contributed by atoms with Crippen LogP contribution < -0.4 is 10.2 Å². The summed E-state index contributed by atoms with van der Waals surface area (Å²) in [5, 5.41) is 3.35. The van der Waals surface area contributed by atoms with Crippen LogP contribution in [-0.4, -0.2) is 23.5 Å². The van der Waals surface area contributed by atoms with Crippen LogP contribution in [-0.2, 0) is 6.54 Å².